The summed E-state index contributed by atoms with van der Waals surface area (Å²) in [5.74, 6) is 1.28. The molecule has 0 aromatic heterocycles. The third kappa shape index (κ3) is 6.60. The van der Waals surface area contributed by atoms with Crippen molar-refractivity contribution in [2.75, 3.05) is 66.0 Å². The van der Waals surface area contributed by atoms with E-state index >= 15 is 0 Å². The normalized spacial score (nSPS) is 22.2. The fraction of sp³-hybridized carbons (Fsp3) is 0.680. The quantitative estimate of drug-likeness (QED) is 0.325. The van der Waals surface area contributed by atoms with Crippen molar-refractivity contribution in [1.82, 2.24) is 24.9 Å². The highest BCUT2D eigenvalue weighted by atomic mass is 127. The van der Waals surface area contributed by atoms with Crippen LogP contribution in [0, 0.1) is 0 Å². The number of carbonyl (C=O) groups is 1. The molecule has 3 aliphatic heterocycles. The van der Waals surface area contributed by atoms with Crippen LogP contribution in [0.15, 0.2) is 35.3 Å². The summed E-state index contributed by atoms with van der Waals surface area (Å²) in [7, 11) is 1.88. The minimum Gasteiger partial charge on any atom is -0.354 e. The molecular weight excluding hydrogens is 527 g/mol. The van der Waals surface area contributed by atoms with E-state index < -0.39 is 0 Å². The molecule has 1 aromatic carbocycles. The van der Waals surface area contributed by atoms with Gasteiger partial charge in [0, 0.05) is 52.9 Å². The monoisotopic (exact) mass is 568 g/mol. The Labute approximate surface area is 216 Å². The second-order valence-electron chi connectivity index (χ2n) is 9.33. The molecule has 3 aliphatic rings. The zero-order valence-electron chi connectivity index (χ0n) is 20.3. The van der Waals surface area contributed by atoms with Gasteiger partial charge in [-0.1, -0.05) is 30.3 Å². The van der Waals surface area contributed by atoms with Crippen LogP contribution in [0.2, 0.25) is 0 Å². The Kier molecular flexibility index (Phi) is 10.2. The number of amides is 1. The molecule has 0 bridgehead atoms. The Morgan fingerprint density at radius 2 is 1.48 bits per heavy atom. The summed E-state index contributed by atoms with van der Waals surface area (Å²) < 4.78 is 0. The second kappa shape index (κ2) is 12.9. The van der Waals surface area contributed by atoms with Crippen molar-refractivity contribution in [3.8, 4) is 0 Å². The van der Waals surface area contributed by atoms with Crippen LogP contribution in [-0.2, 0) is 4.79 Å². The Hall–Kier alpha value is -1.39. The first-order chi connectivity index (χ1) is 15.7. The highest BCUT2D eigenvalue weighted by Crippen LogP contribution is 2.24. The molecule has 3 heterocycles. The molecular formula is C25H41IN6O. The Morgan fingerprint density at radius 3 is 2.09 bits per heavy atom. The summed E-state index contributed by atoms with van der Waals surface area (Å²) in [6, 6.07) is 11.2. The van der Waals surface area contributed by atoms with Crippen LogP contribution in [0.1, 0.15) is 44.2 Å². The first kappa shape index (κ1) is 26.2. The van der Waals surface area contributed by atoms with Crippen molar-refractivity contribution in [1.29, 1.82) is 0 Å². The number of aliphatic imine (C=N–C) groups is 1. The summed E-state index contributed by atoms with van der Waals surface area (Å²) in [5, 5.41) is 3.67. The number of halogens is 1. The van der Waals surface area contributed by atoms with Gasteiger partial charge in [-0.3, -0.25) is 19.6 Å². The molecule has 3 saturated heterocycles. The molecule has 3 fully saturated rings. The molecule has 7 nitrogen and oxygen atoms in total. The standard InChI is InChI=1S/C25H40N6O.HI/c1-21(24(32)30-14-8-9-15-30)28-16-18-31(19-17-28)25(26-2)27-20-23(29-12-6-7-13-29)22-10-4-3-5-11-22;/h3-5,10-11,21,23H,6-9,12-20H2,1-2H3,(H,26,27);1H. The average Bonchev–Trinajstić information content (AvgIpc) is 3.57. The van der Waals surface area contributed by atoms with E-state index in [2.05, 4.69) is 62.3 Å². The summed E-state index contributed by atoms with van der Waals surface area (Å²) in [6.07, 6.45) is 4.87. The predicted molar refractivity (Wildman–Crippen MR) is 145 cm³/mol. The van der Waals surface area contributed by atoms with Crippen molar-refractivity contribution < 1.29 is 4.79 Å². The number of benzene rings is 1. The van der Waals surface area contributed by atoms with Crippen molar-refractivity contribution >= 4 is 35.8 Å². The Morgan fingerprint density at radius 1 is 0.879 bits per heavy atom. The highest BCUT2D eigenvalue weighted by Gasteiger charge is 2.31. The van der Waals surface area contributed by atoms with Gasteiger partial charge in [-0.2, -0.15) is 0 Å². The minimum atomic E-state index is -0.0251. The molecule has 1 amide bonds. The summed E-state index contributed by atoms with van der Waals surface area (Å²) in [6.45, 7) is 10.7. The van der Waals surface area contributed by atoms with Crippen LogP contribution in [0.4, 0.5) is 0 Å². The van der Waals surface area contributed by atoms with Gasteiger partial charge in [-0.25, -0.2) is 0 Å². The SMILES string of the molecule is CN=C(NCC(c1ccccc1)N1CCCC1)N1CCN(C(C)C(=O)N2CCCC2)CC1.I. The molecule has 33 heavy (non-hydrogen) atoms. The van der Waals surface area contributed by atoms with E-state index in [1.807, 2.05) is 11.9 Å². The Balaban J connectivity index is 0.00000306. The number of nitrogens with zero attached hydrogens (tertiary/aromatic N) is 5. The molecule has 1 N–H and O–H groups in total. The number of rotatable bonds is 6. The van der Waals surface area contributed by atoms with Gasteiger partial charge < -0.3 is 15.1 Å². The van der Waals surface area contributed by atoms with Crippen LogP contribution >= 0.6 is 24.0 Å². The van der Waals surface area contributed by atoms with Crippen LogP contribution in [-0.4, -0.2) is 103 Å². The van der Waals surface area contributed by atoms with E-state index in [0.29, 0.717) is 11.9 Å². The van der Waals surface area contributed by atoms with E-state index in [0.717, 1.165) is 64.6 Å². The Bertz CT molecular complexity index is 755. The van der Waals surface area contributed by atoms with Crippen LogP contribution in [0.5, 0.6) is 0 Å². The van der Waals surface area contributed by atoms with Gasteiger partial charge in [-0.05, 0) is 51.3 Å². The third-order valence-corrected chi connectivity index (χ3v) is 7.37. The zero-order valence-corrected chi connectivity index (χ0v) is 22.6. The van der Waals surface area contributed by atoms with Crippen LogP contribution in [0.25, 0.3) is 0 Å². The van der Waals surface area contributed by atoms with Gasteiger partial charge in [0.15, 0.2) is 5.96 Å². The molecule has 4 rings (SSSR count). The molecule has 0 aliphatic carbocycles. The molecule has 2 atom stereocenters. The van der Waals surface area contributed by atoms with Crippen molar-refractivity contribution in [2.45, 2.75) is 44.7 Å². The number of carbonyl (C=O) groups excluding carboxylic acids is 1. The number of piperazine rings is 1. The van der Waals surface area contributed by atoms with Crippen molar-refractivity contribution in [3.05, 3.63) is 35.9 Å². The molecule has 184 valence electrons. The smallest absolute Gasteiger partial charge is 0.239 e. The average molecular weight is 569 g/mol. The van der Waals surface area contributed by atoms with Crippen LogP contribution < -0.4 is 5.32 Å². The van der Waals surface area contributed by atoms with Gasteiger partial charge in [-0.15, -0.1) is 24.0 Å². The summed E-state index contributed by atoms with van der Waals surface area (Å²) in [4.78, 5) is 26.7. The van der Waals surface area contributed by atoms with Crippen LogP contribution in [0.3, 0.4) is 0 Å². The van der Waals surface area contributed by atoms with Gasteiger partial charge >= 0.3 is 0 Å². The maximum absolute atomic E-state index is 12.8. The third-order valence-electron chi connectivity index (χ3n) is 7.37. The lowest BCUT2D eigenvalue weighted by Crippen LogP contribution is -2.57. The summed E-state index contributed by atoms with van der Waals surface area (Å²) >= 11 is 0. The topological polar surface area (TPSA) is 54.4 Å². The molecule has 1 aromatic rings. The van der Waals surface area contributed by atoms with E-state index in [9.17, 15) is 4.79 Å². The predicted octanol–water partition coefficient (Wildman–Crippen LogP) is 2.65. The molecule has 0 spiro atoms. The lowest BCUT2D eigenvalue weighted by Gasteiger charge is -2.40. The zero-order chi connectivity index (χ0) is 22.3. The first-order valence-electron chi connectivity index (χ1n) is 12.4. The van der Waals surface area contributed by atoms with E-state index in [4.69, 9.17) is 0 Å². The number of likely N-dealkylation sites (tertiary alicyclic amines) is 2. The van der Waals surface area contributed by atoms with Crippen molar-refractivity contribution in [3.63, 3.8) is 0 Å². The maximum atomic E-state index is 12.8. The van der Waals surface area contributed by atoms with E-state index in [1.165, 1.54) is 31.5 Å². The number of hydrogen-bond donors (Lipinski definition) is 1. The van der Waals surface area contributed by atoms with E-state index in [-0.39, 0.29) is 30.0 Å². The molecule has 2 unspecified atom stereocenters. The minimum absolute atomic E-state index is 0. The van der Waals surface area contributed by atoms with Gasteiger partial charge in [0.2, 0.25) is 5.91 Å². The fourth-order valence-corrected chi connectivity index (χ4v) is 5.39. The summed E-state index contributed by atoms with van der Waals surface area (Å²) in [5.41, 5.74) is 1.37. The van der Waals surface area contributed by atoms with Gasteiger partial charge in [0.25, 0.3) is 0 Å². The molecule has 0 saturated carbocycles. The number of hydrogen-bond acceptors (Lipinski definition) is 4. The van der Waals surface area contributed by atoms with Gasteiger partial charge in [0.1, 0.15) is 0 Å². The largest absolute Gasteiger partial charge is 0.354 e. The second-order valence-corrected chi connectivity index (χ2v) is 9.33. The number of nitrogens with one attached hydrogen (secondary N) is 1. The first-order valence-corrected chi connectivity index (χ1v) is 12.4. The number of guanidine groups is 1. The van der Waals surface area contributed by atoms with E-state index in [1.54, 1.807) is 0 Å². The van der Waals surface area contributed by atoms with Crippen molar-refractivity contribution in [2.24, 2.45) is 4.99 Å². The van der Waals surface area contributed by atoms with Gasteiger partial charge in [0.05, 0.1) is 12.1 Å². The molecule has 0 radical (unpaired) electrons. The lowest BCUT2D eigenvalue weighted by atomic mass is 10.1. The molecule has 8 heteroatoms. The highest BCUT2D eigenvalue weighted by molar-refractivity contribution is 14.0. The lowest BCUT2D eigenvalue weighted by molar-refractivity contribution is -0.135. The fourth-order valence-electron chi connectivity index (χ4n) is 5.39. The maximum Gasteiger partial charge on any atom is 0.239 e.